The zero-order valence-electron chi connectivity index (χ0n) is 8.43. The highest BCUT2D eigenvalue weighted by Crippen LogP contribution is 2.36. The zero-order chi connectivity index (χ0) is 11.1. The van der Waals surface area contributed by atoms with Gasteiger partial charge in [0, 0.05) is 12.1 Å². The average molecular weight is 219 g/mol. The van der Waals surface area contributed by atoms with Gasteiger partial charge in [-0.1, -0.05) is 0 Å². The van der Waals surface area contributed by atoms with E-state index in [1.165, 1.54) is 4.90 Å². The van der Waals surface area contributed by atoms with Gasteiger partial charge in [0.15, 0.2) is 11.5 Å². The second kappa shape index (κ2) is 3.23. The van der Waals surface area contributed by atoms with Crippen LogP contribution in [-0.2, 0) is 11.2 Å². The predicted octanol–water partition coefficient (Wildman–Crippen LogP) is 0.570. The molecule has 2 amide bonds. The van der Waals surface area contributed by atoms with E-state index in [9.17, 15) is 9.59 Å². The van der Waals surface area contributed by atoms with Crippen LogP contribution < -0.4 is 9.47 Å². The van der Waals surface area contributed by atoms with Gasteiger partial charge in [-0.05, 0) is 24.1 Å². The summed E-state index contributed by atoms with van der Waals surface area (Å²) in [5.41, 5.74) is 1.44. The van der Waals surface area contributed by atoms with Crippen molar-refractivity contribution in [1.29, 1.82) is 0 Å². The molecule has 0 atom stereocenters. The van der Waals surface area contributed by atoms with Crippen molar-refractivity contribution in [2.45, 2.75) is 6.42 Å². The molecule has 1 aromatic rings. The van der Waals surface area contributed by atoms with Gasteiger partial charge in [-0.15, -0.1) is 0 Å². The summed E-state index contributed by atoms with van der Waals surface area (Å²) in [7, 11) is 0. The van der Waals surface area contributed by atoms with Gasteiger partial charge in [0.05, 0.1) is 0 Å². The summed E-state index contributed by atoms with van der Waals surface area (Å²) in [5, 5.41) is 0. The van der Waals surface area contributed by atoms with Crippen LogP contribution in [0.25, 0.3) is 0 Å². The average Bonchev–Trinajstić information content (AvgIpc) is 2.74. The molecular weight excluding hydrogens is 210 g/mol. The lowest BCUT2D eigenvalue weighted by Crippen LogP contribution is -2.36. The summed E-state index contributed by atoms with van der Waals surface area (Å²) in [6.45, 7) is 0.610. The summed E-state index contributed by atoms with van der Waals surface area (Å²) in [5.74, 6) is 0.973. The van der Waals surface area contributed by atoms with Crippen molar-refractivity contribution in [3.63, 3.8) is 0 Å². The SMILES string of the molecule is O=CN1CCc2cc3c(cc2C1=O)OCO3. The summed E-state index contributed by atoms with van der Waals surface area (Å²) < 4.78 is 10.4. The number of carbonyl (C=O) groups excluding carboxylic acids is 2. The smallest absolute Gasteiger partial charge is 0.260 e. The van der Waals surface area contributed by atoms with Gasteiger partial charge >= 0.3 is 0 Å². The maximum atomic E-state index is 11.8. The molecule has 82 valence electrons. The normalized spacial score (nSPS) is 17.2. The molecule has 0 bridgehead atoms. The molecule has 5 heteroatoms. The Morgan fingerprint density at radius 1 is 1.25 bits per heavy atom. The lowest BCUT2D eigenvalue weighted by atomic mass is 9.98. The fraction of sp³-hybridized carbons (Fsp3) is 0.273. The Kier molecular flexibility index (Phi) is 1.86. The first-order valence-electron chi connectivity index (χ1n) is 4.98. The molecule has 0 unspecified atom stereocenters. The minimum atomic E-state index is -0.269. The van der Waals surface area contributed by atoms with E-state index in [0.717, 1.165) is 5.56 Å². The molecule has 0 saturated heterocycles. The van der Waals surface area contributed by atoms with Gasteiger partial charge in [-0.3, -0.25) is 14.5 Å². The number of rotatable bonds is 1. The Morgan fingerprint density at radius 3 is 2.75 bits per heavy atom. The van der Waals surface area contributed by atoms with E-state index in [2.05, 4.69) is 0 Å². The van der Waals surface area contributed by atoms with Gasteiger partial charge in [-0.25, -0.2) is 0 Å². The fourth-order valence-electron chi connectivity index (χ4n) is 1.99. The first-order chi connectivity index (χ1) is 7.79. The fourth-order valence-corrected chi connectivity index (χ4v) is 1.99. The molecule has 1 aromatic carbocycles. The van der Waals surface area contributed by atoms with E-state index in [4.69, 9.17) is 9.47 Å². The summed E-state index contributed by atoms with van der Waals surface area (Å²) in [4.78, 5) is 23.7. The van der Waals surface area contributed by atoms with Crippen molar-refractivity contribution in [3.05, 3.63) is 23.3 Å². The summed E-state index contributed by atoms with van der Waals surface area (Å²) in [6, 6.07) is 3.47. The summed E-state index contributed by atoms with van der Waals surface area (Å²) >= 11 is 0. The number of amides is 2. The van der Waals surface area contributed by atoms with Crippen molar-refractivity contribution in [1.82, 2.24) is 4.90 Å². The van der Waals surface area contributed by atoms with Gasteiger partial charge in [-0.2, -0.15) is 0 Å². The van der Waals surface area contributed by atoms with Crippen LogP contribution in [0.5, 0.6) is 11.5 Å². The number of hydrogen-bond acceptors (Lipinski definition) is 4. The molecule has 16 heavy (non-hydrogen) atoms. The van der Waals surface area contributed by atoms with Crippen LogP contribution in [-0.4, -0.2) is 30.6 Å². The molecule has 0 fully saturated rings. The van der Waals surface area contributed by atoms with E-state index >= 15 is 0 Å². The van der Waals surface area contributed by atoms with Crippen molar-refractivity contribution in [2.75, 3.05) is 13.3 Å². The molecule has 3 rings (SSSR count). The first-order valence-corrected chi connectivity index (χ1v) is 4.98. The third kappa shape index (κ3) is 1.18. The third-order valence-corrected chi connectivity index (χ3v) is 2.84. The Hall–Kier alpha value is -2.04. The van der Waals surface area contributed by atoms with Crippen LogP contribution in [0.2, 0.25) is 0 Å². The highest BCUT2D eigenvalue weighted by molar-refractivity contribution is 6.02. The van der Waals surface area contributed by atoms with Gasteiger partial charge in [0.2, 0.25) is 13.2 Å². The molecule has 0 N–H and O–H groups in total. The quantitative estimate of drug-likeness (QED) is 0.648. The van der Waals surface area contributed by atoms with Crippen LogP contribution in [0.3, 0.4) is 0 Å². The Labute approximate surface area is 91.6 Å². The lowest BCUT2D eigenvalue weighted by Gasteiger charge is -2.23. The highest BCUT2D eigenvalue weighted by Gasteiger charge is 2.27. The Bertz CT molecular complexity index is 483. The lowest BCUT2D eigenvalue weighted by molar-refractivity contribution is -0.116. The largest absolute Gasteiger partial charge is 0.454 e. The topological polar surface area (TPSA) is 55.8 Å². The predicted molar refractivity (Wildman–Crippen MR) is 53.4 cm³/mol. The first kappa shape index (κ1) is 9.21. The van der Waals surface area contributed by atoms with Gasteiger partial charge in [0.1, 0.15) is 0 Å². The monoisotopic (exact) mass is 219 g/mol. The minimum Gasteiger partial charge on any atom is -0.454 e. The second-order valence-electron chi connectivity index (χ2n) is 3.72. The maximum absolute atomic E-state index is 11.8. The number of hydrogen-bond donors (Lipinski definition) is 0. The van der Waals surface area contributed by atoms with E-state index in [1.807, 2.05) is 6.07 Å². The summed E-state index contributed by atoms with van der Waals surface area (Å²) in [6.07, 6.45) is 1.23. The maximum Gasteiger partial charge on any atom is 0.260 e. The molecule has 5 nitrogen and oxygen atoms in total. The van der Waals surface area contributed by atoms with E-state index < -0.39 is 0 Å². The molecule has 0 radical (unpaired) electrons. The van der Waals surface area contributed by atoms with E-state index in [1.54, 1.807) is 6.07 Å². The van der Waals surface area contributed by atoms with Crippen molar-refractivity contribution >= 4 is 12.3 Å². The second-order valence-corrected chi connectivity index (χ2v) is 3.72. The number of benzene rings is 1. The number of carbonyl (C=O) groups is 2. The Balaban J connectivity index is 2.10. The molecule has 0 spiro atoms. The molecule has 2 aliphatic rings. The third-order valence-electron chi connectivity index (χ3n) is 2.84. The van der Waals surface area contributed by atoms with E-state index in [-0.39, 0.29) is 12.7 Å². The molecular formula is C11H9NO4. The molecule has 2 heterocycles. The van der Waals surface area contributed by atoms with Crippen molar-refractivity contribution < 1.29 is 19.1 Å². The minimum absolute atomic E-state index is 0.184. The Morgan fingerprint density at radius 2 is 2.00 bits per heavy atom. The standard InChI is InChI=1S/C11H9NO4/c13-5-12-2-1-7-3-9-10(16-6-15-9)4-8(7)11(12)14/h3-5H,1-2,6H2. The molecule has 0 aliphatic carbocycles. The van der Waals surface area contributed by atoms with E-state index in [0.29, 0.717) is 36.4 Å². The van der Waals surface area contributed by atoms with Crippen LogP contribution >= 0.6 is 0 Å². The van der Waals surface area contributed by atoms with Gasteiger partial charge < -0.3 is 9.47 Å². The number of imide groups is 1. The van der Waals surface area contributed by atoms with Crippen LogP contribution in [0, 0.1) is 0 Å². The highest BCUT2D eigenvalue weighted by atomic mass is 16.7. The van der Waals surface area contributed by atoms with Crippen LogP contribution in [0.4, 0.5) is 0 Å². The van der Waals surface area contributed by atoms with Crippen LogP contribution in [0.15, 0.2) is 12.1 Å². The van der Waals surface area contributed by atoms with Crippen molar-refractivity contribution in [3.8, 4) is 11.5 Å². The zero-order valence-corrected chi connectivity index (χ0v) is 8.43. The number of nitrogens with zero attached hydrogens (tertiary/aromatic N) is 1. The van der Waals surface area contributed by atoms with Gasteiger partial charge in [0.25, 0.3) is 5.91 Å². The number of fused-ring (bicyclic) bond motifs is 2. The number of ether oxygens (including phenoxy) is 2. The molecule has 0 aromatic heterocycles. The molecule has 0 saturated carbocycles. The van der Waals surface area contributed by atoms with Crippen LogP contribution in [0.1, 0.15) is 15.9 Å². The van der Waals surface area contributed by atoms with Crippen molar-refractivity contribution in [2.24, 2.45) is 0 Å². The molecule has 2 aliphatic heterocycles.